The molecular formula is C23H28O4S2. The van der Waals surface area contributed by atoms with Crippen molar-refractivity contribution in [3.63, 3.8) is 0 Å². The van der Waals surface area contributed by atoms with Gasteiger partial charge in [0.25, 0.3) is 0 Å². The lowest BCUT2D eigenvalue weighted by Crippen LogP contribution is -2.16. The van der Waals surface area contributed by atoms with Crippen LogP contribution >= 0.6 is 22.7 Å². The number of carbonyl (C=O) groups is 2. The van der Waals surface area contributed by atoms with E-state index in [2.05, 4.69) is 0 Å². The summed E-state index contributed by atoms with van der Waals surface area (Å²) in [5, 5.41) is 9.43. The molecule has 1 N–H and O–H groups in total. The minimum Gasteiger partial charge on any atom is -0.478 e. The predicted molar refractivity (Wildman–Crippen MR) is 117 cm³/mol. The third-order valence-corrected chi connectivity index (χ3v) is 8.68. The lowest BCUT2D eigenvalue weighted by Gasteiger charge is -2.22. The zero-order valence-corrected chi connectivity index (χ0v) is 18.8. The number of carboxylic acid groups (broad SMARTS) is 1. The van der Waals surface area contributed by atoms with Gasteiger partial charge in [0, 0.05) is 19.5 Å². The monoisotopic (exact) mass is 432 g/mol. The third kappa shape index (κ3) is 4.15. The number of carbonyl (C=O) groups excluding carboxylic acids is 1. The van der Waals surface area contributed by atoms with E-state index in [4.69, 9.17) is 4.74 Å². The quantitative estimate of drug-likeness (QED) is 0.467. The molecule has 156 valence electrons. The number of aryl methyl sites for hydroxylation is 3. The number of aromatic carboxylic acids is 1. The van der Waals surface area contributed by atoms with Gasteiger partial charge in [0.05, 0.1) is 17.7 Å². The first kappa shape index (κ1) is 20.6. The van der Waals surface area contributed by atoms with E-state index in [9.17, 15) is 14.7 Å². The Kier molecular flexibility index (Phi) is 6.11. The van der Waals surface area contributed by atoms with Gasteiger partial charge < -0.3 is 9.84 Å². The van der Waals surface area contributed by atoms with Crippen LogP contribution in [0.5, 0.6) is 0 Å². The summed E-state index contributed by atoms with van der Waals surface area (Å²) in [6.07, 6.45) is 9.22. The van der Waals surface area contributed by atoms with E-state index in [-0.39, 0.29) is 5.97 Å². The van der Waals surface area contributed by atoms with Crippen molar-refractivity contribution in [1.82, 2.24) is 0 Å². The van der Waals surface area contributed by atoms with Gasteiger partial charge in [-0.1, -0.05) is 0 Å². The molecule has 2 aromatic heterocycles. The number of carboxylic acids is 1. The molecule has 2 aliphatic rings. The highest BCUT2D eigenvalue weighted by molar-refractivity contribution is 7.12. The molecule has 2 aromatic rings. The summed E-state index contributed by atoms with van der Waals surface area (Å²) >= 11 is 3.41. The van der Waals surface area contributed by atoms with Crippen LogP contribution in [0, 0.1) is 19.8 Å². The Hall–Kier alpha value is -1.66. The Balaban J connectivity index is 1.29. The van der Waals surface area contributed by atoms with Crippen LogP contribution in [0.25, 0.3) is 0 Å². The molecule has 29 heavy (non-hydrogen) atoms. The minimum absolute atomic E-state index is 0.146. The van der Waals surface area contributed by atoms with Crippen molar-refractivity contribution < 1.29 is 19.4 Å². The highest BCUT2D eigenvalue weighted by Crippen LogP contribution is 2.38. The Bertz CT molecular complexity index is 937. The molecule has 0 radical (unpaired) electrons. The van der Waals surface area contributed by atoms with E-state index in [0.29, 0.717) is 18.1 Å². The van der Waals surface area contributed by atoms with Gasteiger partial charge in [-0.05, 0) is 88.7 Å². The first-order valence-corrected chi connectivity index (χ1v) is 12.2. The molecule has 1 unspecified atom stereocenters. The smallest absolute Gasteiger partial charge is 0.339 e. The van der Waals surface area contributed by atoms with Crippen molar-refractivity contribution in [3.8, 4) is 0 Å². The van der Waals surface area contributed by atoms with Gasteiger partial charge in [-0.2, -0.15) is 0 Å². The van der Waals surface area contributed by atoms with Crippen LogP contribution < -0.4 is 0 Å². The highest BCUT2D eigenvalue weighted by Gasteiger charge is 2.27. The first-order valence-electron chi connectivity index (χ1n) is 10.6. The molecule has 0 bridgehead atoms. The number of thiophene rings is 2. The van der Waals surface area contributed by atoms with Crippen LogP contribution in [0.2, 0.25) is 0 Å². The first-order chi connectivity index (χ1) is 14.0. The normalized spacial score (nSPS) is 18.2. The van der Waals surface area contributed by atoms with Crippen molar-refractivity contribution >= 4 is 34.6 Å². The average Bonchev–Trinajstić information content (AvgIpc) is 3.19. The number of ether oxygens (including phenoxy) is 1. The molecule has 0 aromatic carbocycles. The maximum atomic E-state index is 12.6. The van der Waals surface area contributed by atoms with E-state index in [0.717, 1.165) is 65.8 Å². The number of hydrogen-bond acceptors (Lipinski definition) is 5. The topological polar surface area (TPSA) is 63.6 Å². The molecule has 0 fully saturated rings. The largest absolute Gasteiger partial charge is 0.478 e. The summed E-state index contributed by atoms with van der Waals surface area (Å²) in [4.78, 5) is 28.8. The molecule has 6 heteroatoms. The second kappa shape index (κ2) is 8.60. The summed E-state index contributed by atoms with van der Waals surface area (Å²) in [5.41, 5.74) is 3.67. The number of esters is 1. The summed E-state index contributed by atoms with van der Waals surface area (Å²) in [6.45, 7) is 4.41. The van der Waals surface area contributed by atoms with Crippen molar-refractivity contribution in [3.05, 3.63) is 41.8 Å². The molecule has 0 spiro atoms. The lowest BCUT2D eigenvalue weighted by atomic mass is 9.84. The van der Waals surface area contributed by atoms with Gasteiger partial charge in [0.15, 0.2) is 0 Å². The molecule has 4 nitrogen and oxygen atoms in total. The number of rotatable bonds is 6. The van der Waals surface area contributed by atoms with Crippen LogP contribution in [0.4, 0.5) is 0 Å². The molecule has 0 saturated carbocycles. The van der Waals surface area contributed by atoms with Gasteiger partial charge in [0.2, 0.25) is 0 Å². The van der Waals surface area contributed by atoms with Gasteiger partial charge in [-0.3, -0.25) is 0 Å². The highest BCUT2D eigenvalue weighted by atomic mass is 32.1. The maximum absolute atomic E-state index is 12.6. The maximum Gasteiger partial charge on any atom is 0.339 e. The molecular weight excluding hydrogens is 404 g/mol. The fourth-order valence-electron chi connectivity index (χ4n) is 4.90. The predicted octanol–water partition coefficient (Wildman–Crippen LogP) is 5.75. The third-order valence-electron chi connectivity index (χ3n) is 6.30. The van der Waals surface area contributed by atoms with Crippen LogP contribution in [-0.2, 0) is 30.4 Å². The minimum atomic E-state index is -0.795. The SMILES string of the molecule is Cc1sc2c(c1C(=O)O)CCC(CCCOC(=O)c1c(C)sc3c1CCCC3)C2. The van der Waals surface area contributed by atoms with Gasteiger partial charge in [0.1, 0.15) is 0 Å². The molecule has 2 heterocycles. The second-order valence-electron chi connectivity index (χ2n) is 8.27. The van der Waals surface area contributed by atoms with Gasteiger partial charge in [-0.15, -0.1) is 22.7 Å². The fourth-order valence-corrected chi connectivity index (χ4v) is 7.48. The van der Waals surface area contributed by atoms with Crippen LogP contribution in [0.15, 0.2) is 0 Å². The fraction of sp³-hybridized carbons (Fsp3) is 0.565. The van der Waals surface area contributed by atoms with Gasteiger partial charge in [-0.25, -0.2) is 9.59 Å². The van der Waals surface area contributed by atoms with E-state index >= 15 is 0 Å². The summed E-state index contributed by atoms with van der Waals surface area (Å²) in [7, 11) is 0. The summed E-state index contributed by atoms with van der Waals surface area (Å²) in [6, 6.07) is 0. The molecule has 0 aliphatic heterocycles. The Morgan fingerprint density at radius 3 is 2.48 bits per heavy atom. The van der Waals surface area contributed by atoms with Crippen LogP contribution in [0.3, 0.4) is 0 Å². The van der Waals surface area contributed by atoms with E-state index in [1.165, 1.54) is 28.2 Å². The molecule has 0 amide bonds. The zero-order chi connectivity index (χ0) is 20.5. The standard InChI is InChI=1S/C23H28O4S2/c1-13-20(22(24)25)17-10-9-15(12-19(17)29-13)6-5-11-27-23(26)21-14(2)28-18-8-4-3-7-16(18)21/h15H,3-12H2,1-2H3,(H,24,25). The van der Waals surface area contributed by atoms with Crippen LogP contribution in [-0.4, -0.2) is 23.7 Å². The summed E-state index contributed by atoms with van der Waals surface area (Å²) < 4.78 is 5.64. The van der Waals surface area contributed by atoms with Crippen LogP contribution in [0.1, 0.15) is 83.5 Å². The lowest BCUT2D eigenvalue weighted by molar-refractivity contribution is 0.0491. The molecule has 1 atom stereocenters. The Morgan fingerprint density at radius 2 is 1.69 bits per heavy atom. The zero-order valence-electron chi connectivity index (χ0n) is 17.1. The Labute approximate surface area is 179 Å². The number of fused-ring (bicyclic) bond motifs is 2. The van der Waals surface area contributed by atoms with E-state index in [1.54, 1.807) is 22.7 Å². The van der Waals surface area contributed by atoms with Crippen molar-refractivity contribution in [2.45, 2.75) is 71.6 Å². The summed E-state index contributed by atoms with van der Waals surface area (Å²) in [5.74, 6) is -0.388. The van der Waals surface area contributed by atoms with E-state index < -0.39 is 5.97 Å². The second-order valence-corrected chi connectivity index (χ2v) is 10.9. The van der Waals surface area contributed by atoms with Crippen molar-refractivity contribution in [2.24, 2.45) is 5.92 Å². The molecule has 4 rings (SSSR count). The number of hydrogen-bond donors (Lipinski definition) is 1. The average molecular weight is 433 g/mol. The Morgan fingerprint density at radius 1 is 1.00 bits per heavy atom. The van der Waals surface area contributed by atoms with Crippen molar-refractivity contribution in [1.29, 1.82) is 0 Å². The van der Waals surface area contributed by atoms with Crippen molar-refractivity contribution in [2.75, 3.05) is 6.61 Å². The van der Waals surface area contributed by atoms with E-state index in [1.807, 2.05) is 13.8 Å². The van der Waals surface area contributed by atoms with Gasteiger partial charge >= 0.3 is 11.9 Å². The molecule has 2 aliphatic carbocycles. The molecule has 0 saturated heterocycles.